The molecule has 1 heterocycles. The van der Waals surface area contributed by atoms with Gasteiger partial charge >= 0.3 is 0 Å². The average molecular weight is 240 g/mol. The molecule has 0 aliphatic carbocycles. The van der Waals surface area contributed by atoms with Crippen LogP contribution in [0.3, 0.4) is 0 Å². The van der Waals surface area contributed by atoms with Crippen molar-refractivity contribution in [2.24, 2.45) is 0 Å². The van der Waals surface area contributed by atoms with E-state index < -0.39 is 0 Å². The van der Waals surface area contributed by atoms with Crippen molar-refractivity contribution in [2.45, 2.75) is 26.8 Å². The van der Waals surface area contributed by atoms with Gasteiger partial charge < -0.3 is 5.32 Å². The van der Waals surface area contributed by atoms with Crippen LogP contribution in [0.2, 0.25) is 0 Å². The summed E-state index contributed by atoms with van der Waals surface area (Å²) in [5.41, 5.74) is 5.13. The summed E-state index contributed by atoms with van der Waals surface area (Å²) >= 11 is 0. The van der Waals surface area contributed by atoms with Crippen molar-refractivity contribution in [2.75, 3.05) is 6.54 Å². The summed E-state index contributed by atoms with van der Waals surface area (Å²) in [6, 6.07) is 11.0. The van der Waals surface area contributed by atoms with Gasteiger partial charge in [0.25, 0.3) is 0 Å². The summed E-state index contributed by atoms with van der Waals surface area (Å²) in [7, 11) is 0. The fourth-order valence-corrected chi connectivity index (χ4v) is 2.36. The molecule has 1 aromatic heterocycles. The predicted molar refractivity (Wildman–Crippen MR) is 75.7 cm³/mol. The van der Waals surface area contributed by atoms with Crippen LogP contribution in [-0.2, 0) is 0 Å². The van der Waals surface area contributed by atoms with Crippen LogP contribution in [-0.4, -0.2) is 11.5 Å². The van der Waals surface area contributed by atoms with Gasteiger partial charge in [-0.15, -0.1) is 0 Å². The van der Waals surface area contributed by atoms with Gasteiger partial charge in [-0.25, -0.2) is 0 Å². The van der Waals surface area contributed by atoms with Gasteiger partial charge in [0.1, 0.15) is 0 Å². The van der Waals surface area contributed by atoms with E-state index in [0.717, 1.165) is 6.54 Å². The summed E-state index contributed by atoms with van der Waals surface area (Å²) < 4.78 is 0. The van der Waals surface area contributed by atoms with Crippen LogP contribution in [0.15, 0.2) is 42.7 Å². The molecule has 0 fully saturated rings. The fourth-order valence-electron chi connectivity index (χ4n) is 2.36. The third kappa shape index (κ3) is 2.96. The summed E-state index contributed by atoms with van der Waals surface area (Å²) in [6.07, 6.45) is 3.75. The van der Waals surface area contributed by atoms with Gasteiger partial charge in [0.05, 0.1) is 6.04 Å². The average Bonchev–Trinajstić information content (AvgIpc) is 2.36. The number of nitrogens with zero attached hydrogens (tertiary/aromatic N) is 1. The lowest BCUT2D eigenvalue weighted by Gasteiger charge is -2.19. The van der Waals surface area contributed by atoms with Crippen LogP contribution in [0.4, 0.5) is 0 Å². The normalized spacial score (nSPS) is 12.4. The number of aromatic nitrogens is 1. The molecule has 94 valence electrons. The van der Waals surface area contributed by atoms with Crippen LogP contribution in [0.1, 0.15) is 35.2 Å². The first kappa shape index (κ1) is 12.8. The lowest BCUT2D eigenvalue weighted by atomic mass is 9.96. The molecular formula is C16H20N2. The number of aryl methyl sites for hydroxylation is 2. The minimum Gasteiger partial charge on any atom is -0.306 e. The third-order valence-corrected chi connectivity index (χ3v) is 3.00. The zero-order valence-corrected chi connectivity index (χ0v) is 11.3. The second-order valence-corrected chi connectivity index (χ2v) is 4.70. The molecule has 0 unspecified atom stereocenters. The minimum absolute atomic E-state index is 0.224. The van der Waals surface area contributed by atoms with Crippen molar-refractivity contribution in [1.29, 1.82) is 0 Å². The molecule has 0 saturated heterocycles. The molecule has 0 aliphatic rings. The Morgan fingerprint density at radius 3 is 2.39 bits per heavy atom. The zero-order valence-electron chi connectivity index (χ0n) is 11.3. The highest BCUT2D eigenvalue weighted by Crippen LogP contribution is 2.23. The van der Waals surface area contributed by atoms with Crippen molar-refractivity contribution in [3.8, 4) is 0 Å². The minimum atomic E-state index is 0.224. The lowest BCUT2D eigenvalue weighted by molar-refractivity contribution is 0.628. The Labute approximate surface area is 109 Å². The van der Waals surface area contributed by atoms with E-state index in [1.807, 2.05) is 18.5 Å². The van der Waals surface area contributed by atoms with Gasteiger partial charge in [0.2, 0.25) is 0 Å². The maximum Gasteiger partial charge on any atom is 0.0592 e. The molecule has 2 rings (SSSR count). The van der Waals surface area contributed by atoms with Gasteiger partial charge in [-0.3, -0.25) is 4.98 Å². The Kier molecular flexibility index (Phi) is 4.11. The SMILES string of the molecule is CCN[C@@H](c1cccnc1)c1cc(C)cc(C)c1. The molecule has 18 heavy (non-hydrogen) atoms. The van der Waals surface area contributed by atoms with Gasteiger partial charge in [0.15, 0.2) is 0 Å². The topological polar surface area (TPSA) is 24.9 Å². The highest BCUT2D eigenvalue weighted by molar-refractivity contribution is 5.36. The van der Waals surface area contributed by atoms with Crippen LogP contribution in [0.25, 0.3) is 0 Å². The van der Waals surface area contributed by atoms with Gasteiger partial charge in [-0.2, -0.15) is 0 Å². The van der Waals surface area contributed by atoms with E-state index in [0.29, 0.717) is 0 Å². The lowest BCUT2D eigenvalue weighted by Crippen LogP contribution is -2.22. The Morgan fingerprint density at radius 1 is 1.11 bits per heavy atom. The third-order valence-electron chi connectivity index (χ3n) is 3.00. The summed E-state index contributed by atoms with van der Waals surface area (Å²) in [5, 5.41) is 3.53. The number of pyridine rings is 1. The van der Waals surface area contributed by atoms with E-state index in [9.17, 15) is 0 Å². The molecule has 0 saturated carbocycles. The molecule has 1 atom stereocenters. The highest BCUT2D eigenvalue weighted by atomic mass is 14.9. The van der Waals surface area contributed by atoms with Crippen molar-refractivity contribution >= 4 is 0 Å². The number of benzene rings is 1. The number of hydrogen-bond donors (Lipinski definition) is 1. The van der Waals surface area contributed by atoms with Crippen molar-refractivity contribution in [3.63, 3.8) is 0 Å². The molecule has 1 N–H and O–H groups in total. The molecule has 2 aromatic rings. The summed E-state index contributed by atoms with van der Waals surface area (Å²) in [6.45, 7) is 7.35. The van der Waals surface area contributed by atoms with E-state index >= 15 is 0 Å². The monoisotopic (exact) mass is 240 g/mol. The predicted octanol–water partition coefficient (Wildman–Crippen LogP) is 3.40. The molecule has 0 aliphatic heterocycles. The first-order chi connectivity index (χ1) is 8.70. The van der Waals surface area contributed by atoms with Crippen molar-refractivity contribution in [3.05, 3.63) is 65.0 Å². The van der Waals surface area contributed by atoms with Crippen molar-refractivity contribution < 1.29 is 0 Å². The Balaban J connectivity index is 2.41. The Bertz CT molecular complexity index is 486. The largest absolute Gasteiger partial charge is 0.306 e. The van der Waals surface area contributed by atoms with E-state index in [2.05, 4.69) is 55.3 Å². The summed E-state index contributed by atoms with van der Waals surface area (Å²) in [4.78, 5) is 4.22. The number of hydrogen-bond acceptors (Lipinski definition) is 2. The zero-order chi connectivity index (χ0) is 13.0. The van der Waals surface area contributed by atoms with E-state index in [4.69, 9.17) is 0 Å². The van der Waals surface area contributed by atoms with E-state index in [-0.39, 0.29) is 6.04 Å². The van der Waals surface area contributed by atoms with Gasteiger partial charge in [0, 0.05) is 12.4 Å². The molecule has 0 radical (unpaired) electrons. The number of nitrogens with one attached hydrogen (secondary N) is 1. The molecule has 2 heteroatoms. The molecule has 2 nitrogen and oxygen atoms in total. The first-order valence-electron chi connectivity index (χ1n) is 6.42. The number of rotatable bonds is 4. The maximum atomic E-state index is 4.22. The Morgan fingerprint density at radius 2 is 1.83 bits per heavy atom. The van der Waals surface area contributed by atoms with Gasteiger partial charge in [-0.1, -0.05) is 42.3 Å². The summed E-state index contributed by atoms with van der Waals surface area (Å²) in [5.74, 6) is 0. The Hall–Kier alpha value is -1.67. The molecule has 0 amide bonds. The van der Waals surface area contributed by atoms with Crippen molar-refractivity contribution in [1.82, 2.24) is 10.3 Å². The van der Waals surface area contributed by atoms with Crippen LogP contribution in [0, 0.1) is 13.8 Å². The molecule has 0 spiro atoms. The smallest absolute Gasteiger partial charge is 0.0592 e. The first-order valence-corrected chi connectivity index (χ1v) is 6.42. The molecular weight excluding hydrogens is 220 g/mol. The second kappa shape index (κ2) is 5.78. The van der Waals surface area contributed by atoms with E-state index in [1.165, 1.54) is 22.3 Å². The van der Waals surface area contributed by atoms with Crippen LogP contribution < -0.4 is 5.32 Å². The molecule has 1 aromatic carbocycles. The quantitative estimate of drug-likeness (QED) is 0.886. The van der Waals surface area contributed by atoms with E-state index in [1.54, 1.807) is 0 Å². The maximum absolute atomic E-state index is 4.22. The second-order valence-electron chi connectivity index (χ2n) is 4.70. The standard InChI is InChI=1S/C16H20N2/c1-4-18-16(14-6-5-7-17-11-14)15-9-12(2)8-13(3)10-15/h5-11,16,18H,4H2,1-3H3/t16-/m0/s1. The van der Waals surface area contributed by atoms with Crippen LogP contribution >= 0.6 is 0 Å². The highest BCUT2D eigenvalue weighted by Gasteiger charge is 2.13. The molecule has 0 bridgehead atoms. The fraction of sp³-hybridized carbons (Fsp3) is 0.312. The van der Waals surface area contributed by atoms with Gasteiger partial charge in [-0.05, 0) is 37.6 Å². The van der Waals surface area contributed by atoms with Crippen LogP contribution in [0.5, 0.6) is 0 Å².